The Morgan fingerprint density at radius 1 is 1.35 bits per heavy atom. The van der Waals surface area contributed by atoms with E-state index in [1.165, 1.54) is 0 Å². The first-order valence-electron chi connectivity index (χ1n) is 6.02. The zero-order valence-corrected chi connectivity index (χ0v) is 10.6. The zero-order valence-electron chi connectivity index (χ0n) is 10.6. The molecule has 0 spiro atoms. The molecule has 0 radical (unpaired) electrons. The maximum atomic E-state index is 11.3. The number of ether oxygens (including phenoxy) is 1. The van der Waals surface area contributed by atoms with Gasteiger partial charge >= 0.3 is 5.97 Å². The Balaban J connectivity index is 3.05. The zero-order chi connectivity index (χ0) is 12.8. The van der Waals surface area contributed by atoms with E-state index in [-0.39, 0.29) is 5.92 Å². The third kappa shape index (κ3) is 3.48. The van der Waals surface area contributed by atoms with Gasteiger partial charge in [-0.3, -0.25) is 4.79 Å². The number of benzene rings is 1. The van der Waals surface area contributed by atoms with Crippen molar-refractivity contribution >= 4 is 5.97 Å². The predicted octanol–water partition coefficient (Wildman–Crippen LogP) is 3.30. The lowest BCUT2D eigenvalue weighted by atomic mass is 9.88. The minimum Gasteiger partial charge on any atom is -0.493 e. The molecule has 0 amide bonds. The van der Waals surface area contributed by atoms with E-state index in [0.717, 1.165) is 12.0 Å². The van der Waals surface area contributed by atoms with Crippen molar-refractivity contribution in [2.24, 2.45) is 5.92 Å². The smallest absolute Gasteiger partial charge is 0.311 e. The Labute approximate surface area is 102 Å². The molecule has 0 fully saturated rings. The van der Waals surface area contributed by atoms with Crippen LogP contribution < -0.4 is 4.74 Å². The highest BCUT2D eigenvalue weighted by Gasteiger charge is 2.26. The number of hydrogen-bond donors (Lipinski definition) is 1. The van der Waals surface area contributed by atoms with Gasteiger partial charge in [-0.1, -0.05) is 39.0 Å². The van der Waals surface area contributed by atoms with E-state index in [4.69, 9.17) is 4.74 Å². The molecule has 0 aliphatic heterocycles. The van der Waals surface area contributed by atoms with Crippen LogP contribution in [-0.2, 0) is 4.79 Å². The van der Waals surface area contributed by atoms with E-state index in [1.54, 1.807) is 0 Å². The van der Waals surface area contributed by atoms with Crippen molar-refractivity contribution in [1.82, 2.24) is 0 Å². The molecule has 94 valence electrons. The summed E-state index contributed by atoms with van der Waals surface area (Å²) in [5.74, 6) is -0.579. The largest absolute Gasteiger partial charge is 0.493 e. The van der Waals surface area contributed by atoms with Crippen molar-refractivity contribution in [2.75, 3.05) is 6.61 Å². The molecular formula is C14H20O3. The lowest BCUT2D eigenvalue weighted by Gasteiger charge is -2.20. The minimum absolute atomic E-state index is 0.0406. The van der Waals surface area contributed by atoms with Crippen molar-refractivity contribution in [1.29, 1.82) is 0 Å². The van der Waals surface area contributed by atoms with Crippen LogP contribution in [-0.4, -0.2) is 17.7 Å². The van der Waals surface area contributed by atoms with Gasteiger partial charge in [0.1, 0.15) is 5.75 Å². The first kappa shape index (κ1) is 13.6. The van der Waals surface area contributed by atoms with Crippen LogP contribution in [0.5, 0.6) is 5.75 Å². The summed E-state index contributed by atoms with van der Waals surface area (Å²) in [7, 11) is 0. The summed E-state index contributed by atoms with van der Waals surface area (Å²) >= 11 is 0. The fourth-order valence-corrected chi connectivity index (χ4v) is 1.86. The van der Waals surface area contributed by atoms with E-state index in [9.17, 15) is 9.90 Å². The van der Waals surface area contributed by atoms with E-state index in [1.807, 2.05) is 45.0 Å². The van der Waals surface area contributed by atoms with E-state index < -0.39 is 11.9 Å². The van der Waals surface area contributed by atoms with E-state index in [2.05, 4.69) is 0 Å². The van der Waals surface area contributed by atoms with Crippen LogP contribution in [0.25, 0.3) is 0 Å². The Morgan fingerprint density at radius 2 is 2.00 bits per heavy atom. The molecule has 0 saturated heterocycles. The molecule has 17 heavy (non-hydrogen) atoms. The number of rotatable bonds is 6. The van der Waals surface area contributed by atoms with Crippen molar-refractivity contribution in [3.05, 3.63) is 29.8 Å². The lowest BCUT2D eigenvalue weighted by Crippen LogP contribution is -2.18. The normalized spacial score (nSPS) is 12.5. The maximum Gasteiger partial charge on any atom is 0.311 e. The first-order valence-corrected chi connectivity index (χ1v) is 6.02. The van der Waals surface area contributed by atoms with E-state index >= 15 is 0 Å². The summed E-state index contributed by atoms with van der Waals surface area (Å²) < 4.78 is 5.60. The van der Waals surface area contributed by atoms with Crippen molar-refractivity contribution in [2.45, 2.75) is 33.1 Å². The number of para-hydroxylation sites is 1. The Bertz CT molecular complexity index is 371. The van der Waals surface area contributed by atoms with Crippen LogP contribution in [0, 0.1) is 5.92 Å². The average molecular weight is 236 g/mol. The molecule has 1 rings (SSSR count). The SMILES string of the molecule is CCCOc1ccccc1C(C(=O)O)C(C)C. The molecule has 3 nitrogen and oxygen atoms in total. The summed E-state index contributed by atoms with van der Waals surface area (Å²) in [5, 5.41) is 9.29. The molecule has 0 aliphatic carbocycles. The molecule has 0 aliphatic rings. The van der Waals surface area contributed by atoms with Gasteiger partial charge in [0.2, 0.25) is 0 Å². The van der Waals surface area contributed by atoms with Crippen LogP contribution in [0.1, 0.15) is 38.7 Å². The summed E-state index contributed by atoms with van der Waals surface area (Å²) in [6.07, 6.45) is 0.910. The molecule has 1 N–H and O–H groups in total. The number of carbonyl (C=O) groups is 1. The van der Waals surface area contributed by atoms with E-state index in [0.29, 0.717) is 12.4 Å². The molecule has 1 unspecified atom stereocenters. The van der Waals surface area contributed by atoms with Gasteiger partial charge in [0.05, 0.1) is 12.5 Å². The summed E-state index contributed by atoms with van der Waals surface area (Å²) in [4.78, 5) is 11.3. The third-order valence-corrected chi connectivity index (χ3v) is 2.65. The van der Waals surface area contributed by atoms with Gasteiger partial charge in [-0.15, -0.1) is 0 Å². The molecule has 0 saturated carbocycles. The average Bonchev–Trinajstić information content (AvgIpc) is 2.27. The van der Waals surface area contributed by atoms with Crippen LogP contribution >= 0.6 is 0 Å². The number of carboxylic acids is 1. The third-order valence-electron chi connectivity index (χ3n) is 2.65. The van der Waals surface area contributed by atoms with Crippen molar-refractivity contribution in [3.63, 3.8) is 0 Å². The first-order chi connectivity index (χ1) is 8.07. The second-order valence-corrected chi connectivity index (χ2v) is 4.45. The van der Waals surface area contributed by atoms with Gasteiger partial charge in [-0.05, 0) is 18.4 Å². The maximum absolute atomic E-state index is 11.3. The Morgan fingerprint density at radius 3 is 2.53 bits per heavy atom. The van der Waals surface area contributed by atoms with Gasteiger partial charge in [-0.25, -0.2) is 0 Å². The number of aliphatic carboxylic acids is 1. The molecule has 0 aromatic heterocycles. The fourth-order valence-electron chi connectivity index (χ4n) is 1.86. The number of hydrogen-bond acceptors (Lipinski definition) is 2. The summed E-state index contributed by atoms with van der Waals surface area (Å²) in [6, 6.07) is 7.40. The minimum atomic E-state index is -0.799. The predicted molar refractivity (Wildman–Crippen MR) is 67.4 cm³/mol. The van der Waals surface area contributed by atoms with Crippen molar-refractivity contribution in [3.8, 4) is 5.75 Å². The second kappa shape index (κ2) is 6.28. The van der Waals surface area contributed by atoms with Gasteiger partial charge < -0.3 is 9.84 Å². The molecule has 0 heterocycles. The van der Waals surface area contributed by atoms with Gasteiger partial charge in [-0.2, -0.15) is 0 Å². The Hall–Kier alpha value is -1.51. The van der Waals surface area contributed by atoms with Crippen molar-refractivity contribution < 1.29 is 14.6 Å². The van der Waals surface area contributed by atoms with Crippen LogP contribution in [0.2, 0.25) is 0 Å². The van der Waals surface area contributed by atoms with Crippen LogP contribution in [0.3, 0.4) is 0 Å². The lowest BCUT2D eigenvalue weighted by molar-refractivity contribution is -0.139. The monoisotopic (exact) mass is 236 g/mol. The second-order valence-electron chi connectivity index (χ2n) is 4.45. The molecule has 1 aromatic carbocycles. The highest BCUT2D eigenvalue weighted by Crippen LogP contribution is 2.32. The van der Waals surface area contributed by atoms with Gasteiger partial charge in [0, 0.05) is 5.56 Å². The fraction of sp³-hybridized carbons (Fsp3) is 0.500. The molecule has 0 bridgehead atoms. The Kier molecular flexibility index (Phi) is 5.01. The molecule has 3 heteroatoms. The summed E-state index contributed by atoms with van der Waals surface area (Å²) in [6.45, 7) is 6.46. The topological polar surface area (TPSA) is 46.5 Å². The van der Waals surface area contributed by atoms with Gasteiger partial charge in [0.25, 0.3) is 0 Å². The van der Waals surface area contributed by atoms with Crippen LogP contribution in [0.4, 0.5) is 0 Å². The van der Waals surface area contributed by atoms with Gasteiger partial charge in [0.15, 0.2) is 0 Å². The van der Waals surface area contributed by atoms with Crippen LogP contribution in [0.15, 0.2) is 24.3 Å². The standard InChI is InChI=1S/C14H20O3/c1-4-9-17-12-8-6-5-7-11(12)13(10(2)3)14(15)16/h5-8,10,13H,4,9H2,1-3H3,(H,15,16). The quantitative estimate of drug-likeness (QED) is 0.824. The molecule has 1 atom stereocenters. The summed E-state index contributed by atoms with van der Waals surface area (Å²) in [5.41, 5.74) is 0.767. The number of carboxylic acid groups (broad SMARTS) is 1. The highest BCUT2D eigenvalue weighted by molar-refractivity contribution is 5.77. The highest BCUT2D eigenvalue weighted by atomic mass is 16.5. The molecule has 1 aromatic rings. The molecular weight excluding hydrogens is 216 g/mol.